The summed E-state index contributed by atoms with van der Waals surface area (Å²) in [5, 5.41) is 32.3. The van der Waals surface area contributed by atoms with Crippen molar-refractivity contribution in [3.8, 4) is 5.75 Å². The number of carboxylic acid groups (broad SMARTS) is 1. The van der Waals surface area contributed by atoms with Gasteiger partial charge in [-0.2, -0.15) is 0 Å². The quantitative estimate of drug-likeness (QED) is 0.0507. The van der Waals surface area contributed by atoms with Crippen molar-refractivity contribution in [2.75, 3.05) is 13.1 Å². The van der Waals surface area contributed by atoms with Crippen molar-refractivity contribution in [1.29, 1.82) is 0 Å². The number of rotatable bonds is 19. The monoisotopic (exact) mass is 767 g/mol. The number of nitrogens with zero attached hydrogens (tertiary/aromatic N) is 1. The van der Waals surface area contributed by atoms with Crippen LogP contribution in [-0.4, -0.2) is 95.0 Å². The summed E-state index contributed by atoms with van der Waals surface area (Å²) in [6.07, 6.45) is 0.456. The lowest BCUT2D eigenvalue weighted by atomic mass is 9.85. The predicted molar refractivity (Wildman–Crippen MR) is 207 cm³/mol. The van der Waals surface area contributed by atoms with E-state index in [0.29, 0.717) is 11.1 Å². The van der Waals surface area contributed by atoms with Crippen LogP contribution in [0.3, 0.4) is 0 Å². The maximum absolute atomic E-state index is 13.8. The Balaban J connectivity index is 2.18. The van der Waals surface area contributed by atoms with Crippen LogP contribution in [0.4, 0.5) is 0 Å². The van der Waals surface area contributed by atoms with Gasteiger partial charge in [-0.3, -0.25) is 29.0 Å². The molecule has 17 nitrogen and oxygen atoms in total. The number of nitrogens with one attached hydrogen (secondary N) is 5. The molecule has 2 aromatic rings. The van der Waals surface area contributed by atoms with Gasteiger partial charge in [0, 0.05) is 13.0 Å². The summed E-state index contributed by atoms with van der Waals surface area (Å²) in [4.78, 5) is 82.8. The molecule has 0 radical (unpaired) electrons. The molecular weight excluding hydrogens is 710 g/mol. The fraction of sp³-hybridized carbons (Fsp3) is 0.500. The standard InChI is InChI=1S/C38H57N9O8/c1-37(2,3)29(46-31(50)25(39)19-23-14-16-24(48)17-15-23)33(52)43-21-28(49)44-27(20-22-11-8-7-9-12-22)32(51)47-30(38(4,5)6)34(53)45-26(35(54)55)13-10-18-42-36(40)41/h7-9,11-12,14-17,25-27,29-30,48H,10,13,18-21,39H2,1-6H3,(H,43,52)(H,44,49)(H,45,53)(H,46,50)(H,47,51)(H,54,55)(H4,40,41,42)/t25-,26-,27-,29-,30-/m0/s1. The number of phenols is 1. The Morgan fingerprint density at radius 2 is 1.24 bits per heavy atom. The summed E-state index contributed by atoms with van der Waals surface area (Å²) in [7, 11) is 0. The molecule has 0 bridgehead atoms. The minimum Gasteiger partial charge on any atom is -0.508 e. The molecule has 5 amide bonds. The summed E-state index contributed by atoms with van der Waals surface area (Å²) >= 11 is 0. The van der Waals surface area contributed by atoms with E-state index in [0.717, 1.165) is 0 Å². The molecule has 13 N–H and O–H groups in total. The molecule has 0 aliphatic rings. The minimum absolute atomic E-state index is 0.0208. The zero-order valence-corrected chi connectivity index (χ0v) is 32.3. The number of hydrogen-bond donors (Lipinski definition) is 10. The maximum Gasteiger partial charge on any atom is 0.326 e. The molecule has 0 saturated heterocycles. The van der Waals surface area contributed by atoms with Crippen molar-refractivity contribution in [3.63, 3.8) is 0 Å². The first-order chi connectivity index (χ1) is 25.6. The lowest BCUT2D eigenvalue weighted by Gasteiger charge is -2.33. The normalized spacial score (nSPS) is 14.2. The summed E-state index contributed by atoms with van der Waals surface area (Å²) in [5.74, 6) is -4.80. The van der Waals surface area contributed by atoms with Crippen molar-refractivity contribution in [3.05, 3.63) is 65.7 Å². The molecular formula is C38H57N9O8. The number of aromatic hydroxyl groups is 1. The molecule has 0 aliphatic carbocycles. The van der Waals surface area contributed by atoms with Gasteiger partial charge >= 0.3 is 5.97 Å². The van der Waals surface area contributed by atoms with Gasteiger partial charge in [0.2, 0.25) is 29.5 Å². The Morgan fingerprint density at radius 3 is 1.78 bits per heavy atom. The lowest BCUT2D eigenvalue weighted by molar-refractivity contribution is -0.143. The molecule has 0 spiro atoms. The van der Waals surface area contributed by atoms with Crippen LogP contribution in [0.1, 0.15) is 65.5 Å². The summed E-state index contributed by atoms with van der Waals surface area (Å²) in [6.45, 7) is 9.88. The fourth-order valence-electron chi connectivity index (χ4n) is 5.41. The van der Waals surface area contributed by atoms with Crippen LogP contribution in [0.25, 0.3) is 0 Å². The zero-order chi connectivity index (χ0) is 41.5. The van der Waals surface area contributed by atoms with E-state index in [-0.39, 0.29) is 43.9 Å². The molecule has 55 heavy (non-hydrogen) atoms. The highest BCUT2D eigenvalue weighted by molar-refractivity contribution is 5.95. The van der Waals surface area contributed by atoms with E-state index in [9.17, 15) is 39.0 Å². The van der Waals surface area contributed by atoms with E-state index < -0.39 is 83.1 Å². The molecule has 17 heteroatoms. The third-order valence-electron chi connectivity index (χ3n) is 8.48. The number of aliphatic imine (C=N–C) groups is 1. The number of guanidine groups is 1. The van der Waals surface area contributed by atoms with E-state index in [1.165, 1.54) is 12.1 Å². The molecule has 0 unspecified atom stereocenters. The molecule has 0 aliphatic heterocycles. The fourth-order valence-corrected chi connectivity index (χ4v) is 5.41. The van der Waals surface area contributed by atoms with Gasteiger partial charge in [-0.1, -0.05) is 84.0 Å². The molecule has 5 atom stereocenters. The molecule has 0 fully saturated rings. The van der Waals surface area contributed by atoms with Crippen LogP contribution < -0.4 is 43.8 Å². The molecule has 0 heterocycles. The SMILES string of the molecule is CC(C)(C)[C@@H](NC(=O)[C@H](Cc1ccccc1)NC(=O)CNC(=O)[C@H](NC(=O)[C@@H](N)Cc1ccc(O)cc1)C(C)(C)C)C(=O)N[C@@H](CCCN=C(N)N)C(=O)O. The van der Waals surface area contributed by atoms with Gasteiger partial charge in [-0.05, 0) is 53.4 Å². The average molecular weight is 768 g/mol. The van der Waals surface area contributed by atoms with Crippen molar-refractivity contribution in [2.45, 2.75) is 97.4 Å². The summed E-state index contributed by atoms with van der Waals surface area (Å²) in [6, 6.07) is 9.21. The number of hydrogen-bond acceptors (Lipinski definition) is 9. The molecule has 0 aromatic heterocycles. The van der Waals surface area contributed by atoms with Gasteiger partial charge in [0.25, 0.3) is 0 Å². The van der Waals surface area contributed by atoms with Crippen LogP contribution in [0.15, 0.2) is 59.6 Å². The maximum atomic E-state index is 13.8. The van der Waals surface area contributed by atoms with Crippen LogP contribution in [0.2, 0.25) is 0 Å². The van der Waals surface area contributed by atoms with E-state index in [2.05, 4.69) is 31.6 Å². The number of aliphatic carboxylic acids is 1. The third-order valence-corrected chi connectivity index (χ3v) is 8.48. The van der Waals surface area contributed by atoms with Gasteiger partial charge in [-0.25, -0.2) is 4.79 Å². The molecule has 2 aromatic carbocycles. The van der Waals surface area contributed by atoms with Crippen molar-refractivity contribution < 1.29 is 39.0 Å². The van der Waals surface area contributed by atoms with Crippen LogP contribution in [-0.2, 0) is 41.6 Å². The second kappa shape index (κ2) is 20.7. The first-order valence-electron chi connectivity index (χ1n) is 17.9. The molecule has 0 saturated carbocycles. The van der Waals surface area contributed by atoms with Crippen LogP contribution >= 0.6 is 0 Å². The largest absolute Gasteiger partial charge is 0.508 e. The first-order valence-corrected chi connectivity index (χ1v) is 17.9. The Kier molecular flexibility index (Phi) is 17.1. The number of nitrogens with two attached hydrogens (primary N) is 3. The Morgan fingerprint density at radius 1 is 0.691 bits per heavy atom. The molecule has 2 rings (SSSR count). The minimum atomic E-state index is -1.29. The summed E-state index contributed by atoms with van der Waals surface area (Å²) < 4.78 is 0. The second-order valence-corrected chi connectivity index (χ2v) is 15.5. The highest BCUT2D eigenvalue weighted by Crippen LogP contribution is 2.21. The van der Waals surface area contributed by atoms with Crippen LogP contribution in [0.5, 0.6) is 5.75 Å². The van der Waals surface area contributed by atoms with Crippen molar-refractivity contribution >= 4 is 41.5 Å². The first kappa shape index (κ1) is 45.4. The van der Waals surface area contributed by atoms with Gasteiger partial charge in [0.15, 0.2) is 5.96 Å². The number of carbonyl (C=O) groups is 6. The van der Waals surface area contributed by atoms with Gasteiger partial charge in [0.1, 0.15) is 29.9 Å². The Bertz CT molecular complexity index is 1650. The Labute approximate surface area is 321 Å². The van der Waals surface area contributed by atoms with E-state index in [1.54, 1.807) is 84.0 Å². The number of benzene rings is 2. The van der Waals surface area contributed by atoms with Crippen LogP contribution in [0, 0.1) is 10.8 Å². The number of carbonyl (C=O) groups excluding carboxylic acids is 5. The van der Waals surface area contributed by atoms with E-state index in [1.807, 2.05) is 0 Å². The topological polar surface area (TPSA) is 293 Å². The number of amides is 5. The van der Waals surface area contributed by atoms with Gasteiger partial charge in [-0.15, -0.1) is 0 Å². The second-order valence-electron chi connectivity index (χ2n) is 15.5. The third kappa shape index (κ3) is 16.1. The number of phenolic OH excluding ortho intramolecular Hbond substituents is 1. The highest BCUT2D eigenvalue weighted by atomic mass is 16.4. The smallest absolute Gasteiger partial charge is 0.326 e. The molecule has 302 valence electrons. The highest BCUT2D eigenvalue weighted by Gasteiger charge is 2.37. The van der Waals surface area contributed by atoms with Crippen molar-refractivity contribution in [2.24, 2.45) is 33.0 Å². The average Bonchev–Trinajstić information content (AvgIpc) is 3.09. The lowest BCUT2D eigenvalue weighted by Crippen LogP contribution is -2.61. The Hall–Kier alpha value is -5.71. The number of carboxylic acids is 1. The van der Waals surface area contributed by atoms with Gasteiger partial charge in [0.05, 0.1) is 12.6 Å². The van der Waals surface area contributed by atoms with E-state index in [4.69, 9.17) is 17.2 Å². The summed E-state index contributed by atoms with van der Waals surface area (Å²) in [5.41, 5.74) is 16.5. The zero-order valence-electron chi connectivity index (χ0n) is 32.3. The predicted octanol–water partition coefficient (Wildman–Crippen LogP) is -0.209. The van der Waals surface area contributed by atoms with Gasteiger partial charge < -0.3 is 54.0 Å². The van der Waals surface area contributed by atoms with E-state index >= 15 is 0 Å². The van der Waals surface area contributed by atoms with Crippen molar-refractivity contribution in [1.82, 2.24) is 26.6 Å².